The van der Waals surface area contributed by atoms with Crippen LogP contribution in [0.3, 0.4) is 0 Å². The molecule has 0 N–H and O–H groups in total. The Kier molecular flexibility index (Phi) is 6.55. The first-order valence-corrected chi connectivity index (χ1v) is 7.29. The van der Waals surface area contributed by atoms with Crippen LogP contribution in [0.1, 0.15) is 26.7 Å². The van der Waals surface area contributed by atoms with Gasteiger partial charge in [0, 0.05) is 24.1 Å². The number of benzene rings is 1. The summed E-state index contributed by atoms with van der Waals surface area (Å²) in [5, 5.41) is 1.10. The maximum absolute atomic E-state index is 3.62. The lowest BCUT2D eigenvalue weighted by atomic mass is 10.1. The lowest BCUT2D eigenvalue weighted by Gasteiger charge is -2.27. The maximum Gasteiger partial charge on any atom is 0.0366 e. The van der Waals surface area contributed by atoms with Crippen LogP contribution in [0, 0.1) is 5.92 Å². The number of anilines is 1. The number of hydrogen-bond donors (Lipinski definition) is 0. The summed E-state index contributed by atoms with van der Waals surface area (Å²) in [6, 6.07) is 10.7. The number of alkyl halides is 1. The van der Waals surface area contributed by atoms with Gasteiger partial charge in [0.15, 0.2) is 0 Å². The number of para-hydroxylation sites is 1. The number of nitrogens with zero attached hydrogens (tertiary/aromatic N) is 1. The normalized spacial score (nSPS) is 12.4. The van der Waals surface area contributed by atoms with Crippen molar-refractivity contribution in [3.05, 3.63) is 30.3 Å². The third kappa shape index (κ3) is 4.17. The number of hydrogen-bond acceptors (Lipinski definition) is 1. The second-order valence-electron chi connectivity index (χ2n) is 4.18. The van der Waals surface area contributed by atoms with Crippen molar-refractivity contribution >= 4 is 21.6 Å². The van der Waals surface area contributed by atoms with Gasteiger partial charge in [-0.15, -0.1) is 0 Å². The molecule has 0 saturated heterocycles. The van der Waals surface area contributed by atoms with E-state index >= 15 is 0 Å². The zero-order valence-electron chi connectivity index (χ0n) is 10.3. The molecular weight excluding hydrogens is 262 g/mol. The van der Waals surface area contributed by atoms with Gasteiger partial charge in [0.1, 0.15) is 0 Å². The minimum atomic E-state index is 0.755. The van der Waals surface area contributed by atoms with Gasteiger partial charge in [-0.05, 0) is 31.4 Å². The van der Waals surface area contributed by atoms with E-state index in [1.165, 1.54) is 18.5 Å². The van der Waals surface area contributed by atoms with E-state index in [9.17, 15) is 0 Å². The predicted molar refractivity (Wildman–Crippen MR) is 76.5 cm³/mol. The molecule has 1 atom stereocenters. The van der Waals surface area contributed by atoms with Crippen LogP contribution >= 0.6 is 15.9 Å². The zero-order chi connectivity index (χ0) is 11.8. The van der Waals surface area contributed by atoms with Gasteiger partial charge in [0.25, 0.3) is 0 Å². The molecule has 1 aromatic carbocycles. The molecule has 0 aliphatic carbocycles. The number of halogens is 1. The molecule has 0 aliphatic rings. The molecule has 1 aromatic rings. The summed E-state index contributed by atoms with van der Waals surface area (Å²) in [6.07, 6.45) is 2.57. The fourth-order valence-electron chi connectivity index (χ4n) is 1.99. The van der Waals surface area contributed by atoms with Crippen molar-refractivity contribution in [1.82, 2.24) is 0 Å². The van der Waals surface area contributed by atoms with Crippen molar-refractivity contribution in [2.24, 2.45) is 5.92 Å². The molecule has 90 valence electrons. The zero-order valence-corrected chi connectivity index (χ0v) is 11.9. The van der Waals surface area contributed by atoms with E-state index in [-0.39, 0.29) is 0 Å². The molecule has 0 aliphatic heterocycles. The van der Waals surface area contributed by atoms with Crippen LogP contribution in [0.2, 0.25) is 0 Å². The SMILES string of the molecule is CCCC(CBr)CN(CC)c1ccccc1. The largest absolute Gasteiger partial charge is 0.372 e. The third-order valence-corrected chi connectivity index (χ3v) is 3.81. The summed E-state index contributed by atoms with van der Waals surface area (Å²) in [5.74, 6) is 0.755. The molecule has 1 nitrogen and oxygen atoms in total. The van der Waals surface area contributed by atoms with Crippen LogP contribution in [0.5, 0.6) is 0 Å². The highest BCUT2D eigenvalue weighted by molar-refractivity contribution is 9.09. The summed E-state index contributed by atoms with van der Waals surface area (Å²) >= 11 is 3.62. The molecule has 0 fully saturated rings. The molecule has 16 heavy (non-hydrogen) atoms. The van der Waals surface area contributed by atoms with Gasteiger partial charge >= 0.3 is 0 Å². The average molecular weight is 284 g/mol. The van der Waals surface area contributed by atoms with Crippen LogP contribution < -0.4 is 4.90 Å². The Morgan fingerprint density at radius 3 is 2.38 bits per heavy atom. The van der Waals surface area contributed by atoms with E-state index in [0.29, 0.717) is 0 Å². The highest BCUT2D eigenvalue weighted by atomic mass is 79.9. The van der Waals surface area contributed by atoms with Gasteiger partial charge in [-0.3, -0.25) is 0 Å². The Morgan fingerprint density at radius 2 is 1.88 bits per heavy atom. The van der Waals surface area contributed by atoms with Crippen LogP contribution in [-0.2, 0) is 0 Å². The second kappa shape index (κ2) is 7.72. The Balaban J connectivity index is 2.61. The Bertz CT molecular complexity index is 273. The molecule has 0 amide bonds. The highest BCUT2D eigenvalue weighted by Gasteiger charge is 2.11. The summed E-state index contributed by atoms with van der Waals surface area (Å²) in [7, 11) is 0. The van der Waals surface area contributed by atoms with Gasteiger partial charge in [0.05, 0.1) is 0 Å². The van der Waals surface area contributed by atoms with E-state index < -0.39 is 0 Å². The Morgan fingerprint density at radius 1 is 1.19 bits per heavy atom. The van der Waals surface area contributed by atoms with Crippen LogP contribution in [0.15, 0.2) is 30.3 Å². The highest BCUT2D eigenvalue weighted by Crippen LogP contribution is 2.18. The summed E-state index contributed by atoms with van der Waals surface area (Å²) < 4.78 is 0. The molecule has 0 saturated carbocycles. The van der Waals surface area contributed by atoms with Gasteiger partial charge < -0.3 is 4.90 Å². The van der Waals surface area contributed by atoms with Crippen LogP contribution in [-0.4, -0.2) is 18.4 Å². The van der Waals surface area contributed by atoms with Crippen molar-refractivity contribution in [3.63, 3.8) is 0 Å². The topological polar surface area (TPSA) is 3.24 Å². The van der Waals surface area contributed by atoms with Crippen molar-refractivity contribution in [3.8, 4) is 0 Å². The molecule has 0 spiro atoms. The Labute approximate surface area is 108 Å². The Hall–Kier alpha value is -0.500. The van der Waals surface area contributed by atoms with Crippen molar-refractivity contribution in [2.75, 3.05) is 23.3 Å². The minimum absolute atomic E-state index is 0.755. The maximum atomic E-state index is 3.62. The second-order valence-corrected chi connectivity index (χ2v) is 4.83. The molecule has 2 heteroatoms. The first-order chi connectivity index (χ1) is 7.81. The van der Waals surface area contributed by atoms with Crippen LogP contribution in [0.25, 0.3) is 0 Å². The summed E-state index contributed by atoms with van der Waals surface area (Å²) in [4.78, 5) is 2.46. The van der Waals surface area contributed by atoms with Crippen molar-refractivity contribution < 1.29 is 0 Å². The van der Waals surface area contributed by atoms with Crippen LogP contribution in [0.4, 0.5) is 5.69 Å². The van der Waals surface area contributed by atoms with E-state index in [4.69, 9.17) is 0 Å². The standard InChI is InChI=1S/C14H22BrN/c1-3-8-13(11-15)12-16(4-2)14-9-6-5-7-10-14/h5-7,9-10,13H,3-4,8,11-12H2,1-2H3. The van der Waals surface area contributed by atoms with E-state index in [2.05, 4.69) is 65.0 Å². The predicted octanol–water partition coefficient (Wildman–Crippen LogP) is 4.32. The van der Waals surface area contributed by atoms with E-state index in [0.717, 1.165) is 24.3 Å². The molecule has 0 heterocycles. The lowest BCUT2D eigenvalue weighted by molar-refractivity contribution is 0.526. The van der Waals surface area contributed by atoms with Crippen molar-refractivity contribution in [1.29, 1.82) is 0 Å². The smallest absolute Gasteiger partial charge is 0.0366 e. The lowest BCUT2D eigenvalue weighted by Crippen LogP contribution is -2.30. The van der Waals surface area contributed by atoms with Gasteiger partial charge in [-0.25, -0.2) is 0 Å². The molecule has 1 unspecified atom stereocenters. The minimum Gasteiger partial charge on any atom is -0.372 e. The van der Waals surface area contributed by atoms with E-state index in [1.807, 2.05) is 0 Å². The summed E-state index contributed by atoms with van der Waals surface area (Å²) in [5.41, 5.74) is 1.34. The molecule has 0 aromatic heterocycles. The first kappa shape index (κ1) is 13.6. The van der Waals surface area contributed by atoms with Gasteiger partial charge in [0.2, 0.25) is 0 Å². The monoisotopic (exact) mass is 283 g/mol. The fraction of sp³-hybridized carbons (Fsp3) is 0.571. The third-order valence-electron chi connectivity index (χ3n) is 2.90. The first-order valence-electron chi connectivity index (χ1n) is 6.17. The fourth-order valence-corrected chi connectivity index (χ4v) is 2.52. The molecule has 0 radical (unpaired) electrons. The summed E-state index contributed by atoms with van der Waals surface area (Å²) in [6.45, 7) is 6.72. The molecule has 0 bridgehead atoms. The van der Waals surface area contributed by atoms with Gasteiger partial charge in [-0.1, -0.05) is 47.5 Å². The van der Waals surface area contributed by atoms with Gasteiger partial charge in [-0.2, -0.15) is 0 Å². The van der Waals surface area contributed by atoms with Crippen molar-refractivity contribution in [2.45, 2.75) is 26.7 Å². The quantitative estimate of drug-likeness (QED) is 0.674. The number of rotatable bonds is 7. The average Bonchev–Trinajstić information content (AvgIpc) is 2.35. The molecule has 1 rings (SSSR count). The van der Waals surface area contributed by atoms with E-state index in [1.54, 1.807) is 0 Å². The molecular formula is C14H22BrN.